The Kier molecular flexibility index (Phi) is 7.87. The van der Waals surface area contributed by atoms with Crippen molar-refractivity contribution < 1.29 is 9.53 Å². The second-order valence-corrected chi connectivity index (χ2v) is 3.78. The van der Waals surface area contributed by atoms with Gasteiger partial charge < -0.3 is 4.74 Å². The van der Waals surface area contributed by atoms with Gasteiger partial charge in [0, 0.05) is 11.6 Å². The van der Waals surface area contributed by atoms with Crippen LogP contribution in [0.25, 0.3) is 0 Å². The van der Waals surface area contributed by atoms with Gasteiger partial charge in [-0.25, -0.2) is 4.79 Å². The standard InChI is InChI=1S/C10H16O2.C3H3N/c1-8(2)10(11)12-9-6-4-3-5-7-9;1-2-3-4/h9H,1,3-7H2,2H3;2H,1H2. The zero-order valence-corrected chi connectivity index (χ0v) is 9.87. The minimum absolute atomic E-state index is 0.156. The number of hydrogen-bond donors (Lipinski definition) is 0. The van der Waals surface area contributed by atoms with Crippen LogP contribution in [0.1, 0.15) is 39.0 Å². The number of nitriles is 1. The summed E-state index contributed by atoms with van der Waals surface area (Å²) in [6.45, 7) is 8.35. The van der Waals surface area contributed by atoms with Gasteiger partial charge in [0.05, 0.1) is 6.07 Å². The maximum absolute atomic E-state index is 11.1. The second-order valence-electron chi connectivity index (χ2n) is 3.78. The van der Waals surface area contributed by atoms with Crippen LogP contribution in [0.4, 0.5) is 0 Å². The van der Waals surface area contributed by atoms with Crippen LogP contribution in [0.15, 0.2) is 24.8 Å². The quantitative estimate of drug-likeness (QED) is 0.409. The van der Waals surface area contributed by atoms with E-state index in [2.05, 4.69) is 13.2 Å². The van der Waals surface area contributed by atoms with E-state index in [9.17, 15) is 4.79 Å². The lowest BCUT2D eigenvalue weighted by molar-refractivity contribution is -0.145. The molecule has 0 atom stereocenters. The first-order chi connectivity index (χ1) is 7.61. The van der Waals surface area contributed by atoms with E-state index in [4.69, 9.17) is 10.00 Å². The highest BCUT2D eigenvalue weighted by atomic mass is 16.5. The molecule has 0 amide bonds. The predicted octanol–water partition coefficient (Wildman–Crippen LogP) is 3.13. The summed E-state index contributed by atoms with van der Waals surface area (Å²) in [7, 11) is 0. The van der Waals surface area contributed by atoms with Crippen molar-refractivity contribution in [3.05, 3.63) is 24.8 Å². The van der Waals surface area contributed by atoms with Gasteiger partial charge in [0.25, 0.3) is 0 Å². The highest BCUT2D eigenvalue weighted by Crippen LogP contribution is 2.20. The topological polar surface area (TPSA) is 50.1 Å². The van der Waals surface area contributed by atoms with Crippen molar-refractivity contribution in [2.75, 3.05) is 0 Å². The smallest absolute Gasteiger partial charge is 0.333 e. The van der Waals surface area contributed by atoms with Crippen molar-refractivity contribution in [2.24, 2.45) is 0 Å². The molecule has 3 nitrogen and oxygen atoms in total. The van der Waals surface area contributed by atoms with E-state index >= 15 is 0 Å². The normalized spacial score (nSPS) is 15.0. The molecule has 1 saturated carbocycles. The lowest BCUT2D eigenvalue weighted by Gasteiger charge is -2.21. The molecular weight excluding hydrogens is 202 g/mol. The number of nitrogens with zero attached hydrogens (tertiary/aromatic N) is 1. The summed E-state index contributed by atoms with van der Waals surface area (Å²) in [4.78, 5) is 11.1. The van der Waals surface area contributed by atoms with Crippen molar-refractivity contribution in [3.8, 4) is 6.07 Å². The van der Waals surface area contributed by atoms with Gasteiger partial charge in [0.1, 0.15) is 6.10 Å². The van der Waals surface area contributed by atoms with Gasteiger partial charge in [-0.2, -0.15) is 5.26 Å². The minimum Gasteiger partial charge on any atom is -0.459 e. The lowest BCUT2D eigenvalue weighted by Crippen LogP contribution is -2.20. The van der Waals surface area contributed by atoms with Crippen LogP contribution in [0.2, 0.25) is 0 Å². The van der Waals surface area contributed by atoms with Crippen LogP contribution in [0.5, 0.6) is 0 Å². The molecule has 0 spiro atoms. The van der Waals surface area contributed by atoms with E-state index in [1.165, 1.54) is 25.3 Å². The molecule has 3 heteroatoms. The molecule has 1 fully saturated rings. The molecule has 0 bridgehead atoms. The van der Waals surface area contributed by atoms with Crippen LogP contribution in [-0.4, -0.2) is 12.1 Å². The minimum atomic E-state index is -0.234. The van der Waals surface area contributed by atoms with E-state index in [1.54, 1.807) is 13.0 Å². The second kappa shape index (κ2) is 8.72. The first-order valence-electron chi connectivity index (χ1n) is 5.48. The molecule has 0 saturated heterocycles. The first kappa shape index (κ1) is 14.4. The van der Waals surface area contributed by atoms with Gasteiger partial charge in [0.15, 0.2) is 0 Å². The van der Waals surface area contributed by atoms with E-state index < -0.39 is 0 Å². The third kappa shape index (κ3) is 6.83. The number of allylic oxidation sites excluding steroid dienone is 1. The molecule has 0 aromatic rings. The summed E-state index contributed by atoms with van der Waals surface area (Å²) >= 11 is 0. The van der Waals surface area contributed by atoms with Crippen LogP contribution >= 0.6 is 0 Å². The molecule has 0 unspecified atom stereocenters. The Morgan fingerprint density at radius 2 is 1.94 bits per heavy atom. The van der Waals surface area contributed by atoms with Gasteiger partial charge in [-0.3, -0.25) is 0 Å². The van der Waals surface area contributed by atoms with Crippen LogP contribution in [0.3, 0.4) is 0 Å². The molecule has 0 aliphatic heterocycles. The number of esters is 1. The monoisotopic (exact) mass is 221 g/mol. The van der Waals surface area contributed by atoms with E-state index in [0.29, 0.717) is 5.57 Å². The summed E-state index contributed by atoms with van der Waals surface area (Å²) in [5, 5.41) is 7.51. The average molecular weight is 221 g/mol. The fourth-order valence-electron chi connectivity index (χ4n) is 1.43. The molecule has 1 aliphatic rings. The van der Waals surface area contributed by atoms with Gasteiger partial charge in [-0.15, -0.1) is 0 Å². The number of ether oxygens (including phenoxy) is 1. The maximum atomic E-state index is 11.1. The average Bonchev–Trinajstić information content (AvgIpc) is 2.30. The van der Waals surface area contributed by atoms with Crippen molar-refractivity contribution in [2.45, 2.75) is 45.1 Å². The Hall–Kier alpha value is -1.56. The van der Waals surface area contributed by atoms with Crippen molar-refractivity contribution in [1.29, 1.82) is 5.26 Å². The zero-order chi connectivity index (χ0) is 12.4. The Morgan fingerprint density at radius 3 is 2.31 bits per heavy atom. The highest BCUT2D eigenvalue weighted by molar-refractivity contribution is 5.87. The maximum Gasteiger partial charge on any atom is 0.333 e. The SMILES string of the molecule is C=C(C)C(=O)OC1CCCCC1.C=CC#N. The molecule has 1 aliphatic carbocycles. The molecule has 88 valence electrons. The molecule has 0 aromatic heterocycles. The summed E-state index contributed by atoms with van der Waals surface area (Å²) in [6.07, 6.45) is 7.05. The van der Waals surface area contributed by atoms with E-state index in [0.717, 1.165) is 12.8 Å². The summed E-state index contributed by atoms with van der Waals surface area (Å²) in [5.41, 5.74) is 0.501. The largest absolute Gasteiger partial charge is 0.459 e. The molecule has 0 heterocycles. The molecule has 0 radical (unpaired) electrons. The number of carbonyl (C=O) groups is 1. The Labute approximate surface area is 97.4 Å². The summed E-state index contributed by atoms with van der Waals surface area (Å²) in [6, 6.07) is 1.69. The number of rotatable bonds is 2. The number of hydrogen-bond acceptors (Lipinski definition) is 3. The fourth-order valence-corrected chi connectivity index (χ4v) is 1.43. The lowest BCUT2D eigenvalue weighted by atomic mass is 9.98. The van der Waals surface area contributed by atoms with Gasteiger partial charge >= 0.3 is 5.97 Å². The van der Waals surface area contributed by atoms with E-state index in [1.807, 2.05) is 0 Å². The molecular formula is C13H19NO2. The Balaban J connectivity index is 0.000000487. The van der Waals surface area contributed by atoms with Gasteiger partial charge in [-0.1, -0.05) is 19.6 Å². The van der Waals surface area contributed by atoms with Crippen LogP contribution in [-0.2, 0) is 9.53 Å². The van der Waals surface area contributed by atoms with Gasteiger partial charge in [0.2, 0.25) is 0 Å². The van der Waals surface area contributed by atoms with E-state index in [-0.39, 0.29) is 12.1 Å². The van der Waals surface area contributed by atoms with Crippen LogP contribution < -0.4 is 0 Å². The van der Waals surface area contributed by atoms with Crippen LogP contribution in [0, 0.1) is 11.3 Å². The van der Waals surface area contributed by atoms with Crippen molar-refractivity contribution in [1.82, 2.24) is 0 Å². The molecule has 0 N–H and O–H groups in total. The third-order valence-corrected chi connectivity index (χ3v) is 2.27. The summed E-state index contributed by atoms with van der Waals surface area (Å²) in [5.74, 6) is -0.234. The third-order valence-electron chi connectivity index (χ3n) is 2.27. The van der Waals surface area contributed by atoms with Gasteiger partial charge in [-0.05, 0) is 32.6 Å². The number of carbonyl (C=O) groups excluding carboxylic acids is 1. The predicted molar refractivity (Wildman–Crippen MR) is 63.6 cm³/mol. The van der Waals surface area contributed by atoms with Crippen molar-refractivity contribution >= 4 is 5.97 Å². The highest BCUT2D eigenvalue weighted by Gasteiger charge is 2.17. The molecule has 1 rings (SSSR count). The zero-order valence-electron chi connectivity index (χ0n) is 9.87. The molecule has 16 heavy (non-hydrogen) atoms. The molecule has 0 aromatic carbocycles. The first-order valence-corrected chi connectivity index (χ1v) is 5.48. The fraction of sp³-hybridized carbons (Fsp3) is 0.538. The Morgan fingerprint density at radius 1 is 1.44 bits per heavy atom. The Bertz CT molecular complexity index is 283. The summed E-state index contributed by atoms with van der Waals surface area (Å²) < 4.78 is 5.21. The van der Waals surface area contributed by atoms with Crippen molar-refractivity contribution in [3.63, 3.8) is 0 Å².